The molecule has 0 fully saturated rings. The van der Waals surface area contributed by atoms with Crippen molar-refractivity contribution in [1.82, 2.24) is 4.98 Å². The van der Waals surface area contributed by atoms with Crippen molar-refractivity contribution < 1.29 is 19.1 Å². The van der Waals surface area contributed by atoms with E-state index in [0.717, 1.165) is 0 Å². The molecule has 0 saturated carbocycles. The van der Waals surface area contributed by atoms with Gasteiger partial charge in [-0.25, -0.2) is 4.79 Å². The van der Waals surface area contributed by atoms with Gasteiger partial charge in [0.1, 0.15) is 0 Å². The van der Waals surface area contributed by atoms with Gasteiger partial charge in [-0.15, -0.1) is 0 Å². The van der Waals surface area contributed by atoms with Gasteiger partial charge in [-0.2, -0.15) is 0 Å². The highest BCUT2D eigenvalue weighted by Gasteiger charge is 2.16. The van der Waals surface area contributed by atoms with Gasteiger partial charge in [0.15, 0.2) is 5.58 Å². The number of hydrogen-bond donors (Lipinski definition) is 3. The summed E-state index contributed by atoms with van der Waals surface area (Å²) in [6.07, 6.45) is -0.121. The van der Waals surface area contributed by atoms with Crippen LogP contribution < -0.4 is 11.1 Å². The van der Waals surface area contributed by atoms with Gasteiger partial charge in [0, 0.05) is 18.2 Å². The number of carbonyl (C=O) groups is 2. The van der Waals surface area contributed by atoms with E-state index in [1.165, 1.54) is 13.0 Å². The maximum atomic E-state index is 11.6. The Morgan fingerprint density at radius 3 is 2.89 bits per heavy atom. The van der Waals surface area contributed by atoms with E-state index in [2.05, 4.69) is 10.3 Å². The molecule has 0 spiro atoms. The Labute approximate surface area is 107 Å². The van der Waals surface area contributed by atoms with Crippen molar-refractivity contribution in [2.45, 2.75) is 13.3 Å². The van der Waals surface area contributed by atoms with Crippen LogP contribution in [0.2, 0.25) is 0 Å². The van der Waals surface area contributed by atoms with E-state index < -0.39 is 23.6 Å². The number of carboxylic acid groups (broad SMARTS) is 1. The van der Waals surface area contributed by atoms with Gasteiger partial charge < -0.3 is 14.8 Å². The molecule has 1 amide bonds. The summed E-state index contributed by atoms with van der Waals surface area (Å²) < 4.78 is 4.85. The third-order valence-electron chi connectivity index (χ3n) is 2.62. The number of hydrogen-bond acceptors (Lipinski definition) is 4. The fourth-order valence-corrected chi connectivity index (χ4v) is 1.60. The first-order valence-corrected chi connectivity index (χ1v) is 5.61. The maximum absolute atomic E-state index is 11.6. The van der Waals surface area contributed by atoms with Gasteiger partial charge >= 0.3 is 11.7 Å². The first-order valence-electron chi connectivity index (χ1n) is 5.61. The van der Waals surface area contributed by atoms with Crippen LogP contribution >= 0.6 is 0 Å². The first-order chi connectivity index (χ1) is 8.95. The number of oxazole rings is 1. The Morgan fingerprint density at radius 1 is 1.47 bits per heavy atom. The molecular weight excluding hydrogens is 252 g/mol. The average molecular weight is 264 g/mol. The monoisotopic (exact) mass is 264 g/mol. The summed E-state index contributed by atoms with van der Waals surface area (Å²) in [6.45, 7) is 1.45. The minimum Gasteiger partial charge on any atom is -0.481 e. The molecule has 100 valence electrons. The summed E-state index contributed by atoms with van der Waals surface area (Å²) in [5.74, 6) is -2.76. The third-order valence-corrected chi connectivity index (χ3v) is 2.62. The van der Waals surface area contributed by atoms with Crippen molar-refractivity contribution in [3.63, 3.8) is 0 Å². The normalized spacial score (nSPS) is 12.3. The van der Waals surface area contributed by atoms with E-state index in [1.54, 1.807) is 12.1 Å². The topological polar surface area (TPSA) is 112 Å². The molecule has 1 heterocycles. The number of aromatic nitrogens is 1. The van der Waals surface area contributed by atoms with Crippen LogP contribution in [0.15, 0.2) is 27.4 Å². The van der Waals surface area contributed by atoms with Crippen LogP contribution in [0.5, 0.6) is 0 Å². The lowest BCUT2D eigenvalue weighted by Gasteiger charge is -2.07. The lowest BCUT2D eigenvalue weighted by Crippen LogP contribution is -2.19. The quantitative estimate of drug-likeness (QED) is 0.767. The van der Waals surface area contributed by atoms with Crippen LogP contribution in [0, 0.1) is 5.92 Å². The van der Waals surface area contributed by atoms with E-state index in [-0.39, 0.29) is 6.42 Å². The number of fused-ring (bicyclic) bond motifs is 1. The molecular formula is C12H12N2O5. The number of rotatable bonds is 4. The average Bonchev–Trinajstić information content (AvgIpc) is 2.68. The standard InChI is InChI=1S/C12H12N2O5/c1-6(11(16)17)4-10(15)13-7-2-3-8-9(5-7)19-12(18)14-8/h2-3,5-6H,4H2,1H3,(H,13,15)(H,14,18)(H,16,17). The number of nitrogens with one attached hydrogen (secondary N) is 2. The molecule has 0 aliphatic rings. The molecule has 0 aliphatic carbocycles. The van der Waals surface area contributed by atoms with Gasteiger partial charge in [-0.3, -0.25) is 14.6 Å². The van der Waals surface area contributed by atoms with E-state index in [9.17, 15) is 14.4 Å². The van der Waals surface area contributed by atoms with Crippen LogP contribution in [-0.2, 0) is 9.59 Å². The van der Waals surface area contributed by atoms with E-state index in [1.807, 2.05) is 0 Å². The molecule has 1 aromatic carbocycles. The van der Waals surface area contributed by atoms with Gasteiger partial charge in [0.25, 0.3) is 0 Å². The lowest BCUT2D eigenvalue weighted by molar-refractivity contribution is -0.142. The zero-order valence-electron chi connectivity index (χ0n) is 10.1. The van der Waals surface area contributed by atoms with Crippen LogP contribution in [-0.4, -0.2) is 22.0 Å². The van der Waals surface area contributed by atoms with E-state index in [0.29, 0.717) is 16.8 Å². The molecule has 7 nitrogen and oxygen atoms in total. The lowest BCUT2D eigenvalue weighted by atomic mass is 10.1. The highest BCUT2D eigenvalue weighted by molar-refractivity contribution is 5.94. The molecule has 3 N–H and O–H groups in total. The number of H-pyrrole nitrogens is 1. The highest BCUT2D eigenvalue weighted by atomic mass is 16.4. The minimum absolute atomic E-state index is 0.121. The molecule has 0 radical (unpaired) electrons. The van der Waals surface area contributed by atoms with Gasteiger partial charge in [-0.1, -0.05) is 6.92 Å². The van der Waals surface area contributed by atoms with Gasteiger partial charge in [-0.05, 0) is 12.1 Å². The Balaban J connectivity index is 2.10. The largest absolute Gasteiger partial charge is 0.481 e. The second-order valence-corrected chi connectivity index (χ2v) is 4.22. The molecule has 7 heteroatoms. The minimum atomic E-state index is -1.03. The van der Waals surface area contributed by atoms with Crippen molar-refractivity contribution in [1.29, 1.82) is 0 Å². The summed E-state index contributed by atoms with van der Waals surface area (Å²) in [5, 5.41) is 11.3. The molecule has 1 aromatic heterocycles. The zero-order valence-corrected chi connectivity index (χ0v) is 10.1. The number of carboxylic acids is 1. The number of anilines is 1. The van der Waals surface area contributed by atoms with Crippen LogP contribution in [0.3, 0.4) is 0 Å². The fraction of sp³-hybridized carbons (Fsp3) is 0.250. The Hall–Kier alpha value is -2.57. The summed E-state index contributed by atoms with van der Waals surface area (Å²) >= 11 is 0. The van der Waals surface area contributed by atoms with Crippen molar-refractivity contribution >= 4 is 28.7 Å². The summed E-state index contributed by atoms with van der Waals surface area (Å²) in [6, 6.07) is 4.68. The molecule has 1 atom stereocenters. The summed E-state index contributed by atoms with van der Waals surface area (Å²) in [4.78, 5) is 35.7. The molecule has 19 heavy (non-hydrogen) atoms. The second kappa shape index (κ2) is 4.97. The SMILES string of the molecule is CC(CC(=O)Nc1ccc2[nH]c(=O)oc2c1)C(=O)O. The number of benzene rings is 1. The molecule has 0 bridgehead atoms. The van der Waals surface area contributed by atoms with E-state index >= 15 is 0 Å². The number of aromatic amines is 1. The van der Waals surface area contributed by atoms with Crippen LogP contribution in [0.1, 0.15) is 13.3 Å². The smallest absolute Gasteiger partial charge is 0.417 e. The van der Waals surface area contributed by atoms with E-state index in [4.69, 9.17) is 9.52 Å². The molecule has 0 aliphatic heterocycles. The van der Waals surface area contributed by atoms with Crippen LogP contribution in [0.25, 0.3) is 11.1 Å². The number of aliphatic carboxylic acids is 1. The predicted octanol–water partition coefficient (Wildman–Crippen LogP) is 1.17. The van der Waals surface area contributed by atoms with Crippen LogP contribution in [0.4, 0.5) is 5.69 Å². The Morgan fingerprint density at radius 2 is 2.21 bits per heavy atom. The highest BCUT2D eigenvalue weighted by Crippen LogP contribution is 2.17. The second-order valence-electron chi connectivity index (χ2n) is 4.22. The summed E-state index contributed by atoms with van der Waals surface area (Å²) in [7, 11) is 0. The number of amides is 1. The summed E-state index contributed by atoms with van der Waals surface area (Å²) in [5.41, 5.74) is 1.30. The van der Waals surface area contributed by atoms with Gasteiger partial charge in [0.2, 0.25) is 5.91 Å². The van der Waals surface area contributed by atoms with Crippen molar-refractivity contribution in [3.05, 3.63) is 28.7 Å². The van der Waals surface area contributed by atoms with Gasteiger partial charge in [0.05, 0.1) is 11.4 Å². The zero-order chi connectivity index (χ0) is 14.0. The molecule has 0 saturated heterocycles. The number of carbonyl (C=O) groups excluding carboxylic acids is 1. The predicted molar refractivity (Wildman–Crippen MR) is 66.9 cm³/mol. The molecule has 1 unspecified atom stereocenters. The van der Waals surface area contributed by atoms with Crippen molar-refractivity contribution in [2.75, 3.05) is 5.32 Å². The fourth-order valence-electron chi connectivity index (χ4n) is 1.60. The Bertz CT molecular complexity index is 685. The molecule has 2 aromatic rings. The third kappa shape index (κ3) is 3.01. The van der Waals surface area contributed by atoms with Crippen molar-refractivity contribution in [3.8, 4) is 0 Å². The Kier molecular flexibility index (Phi) is 3.37. The maximum Gasteiger partial charge on any atom is 0.417 e. The molecule has 2 rings (SSSR count). The first kappa shape index (κ1) is 12.9. The van der Waals surface area contributed by atoms with Crippen molar-refractivity contribution in [2.24, 2.45) is 5.92 Å².